The quantitative estimate of drug-likeness (QED) is 0.907. The highest BCUT2D eigenvalue weighted by Crippen LogP contribution is 2.27. The molecule has 2 aromatic rings. The minimum absolute atomic E-state index is 0.107. The topological polar surface area (TPSA) is 103 Å². The first kappa shape index (κ1) is 14.2. The van der Waals surface area contributed by atoms with Crippen molar-refractivity contribution in [2.24, 2.45) is 0 Å². The number of fused-ring (bicyclic) bond motifs is 1. The summed E-state index contributed by atoms with van der Waals surface area (Å²) in [5.41, 5.74) is 0.355. The van der Waals surface area contributed by atoms with Gasteiger partial charge in [-0.15, -0.1) is 0 Å². The Labute approximate surface area is 122 Å². The van der Waals surface area contributed by atoms with E-state index in [1.807, 2.05) is 0 Å². The Kier molecular flexibility index (Phi) is 3.33. The third-order valence-electron chi connectivity index (χ3n) is 3.51. The molecule has 0 radical (unpaired) electrons. The molecule has 1 N–H and O–H groups in total. The molecule has 8 nitrogen and oxygen atoms in total. The molecule has 1 unspecified atom stereocenters. The average Bonchev–Trinajstić information content (AvgIpc) is 2.92. The summed E-state index contributed by atoms with van der Waals surface area (Å²) in [6.45, 7) is 5.76. The number of hydrogen-bond donors (Lipinski definition) is 1. The van der Waals surface area contributed by atoms with Gasteiger partial charge in [0.15, 0.2) is 5.76 Å². The minimum atomic E-state index is -3.70. The van der Waals surface area contributed by atoms with Crippen LogP contribution in [0.1, 0.15) is 42.0 Å². The number of hydrogen-bond acceptors (Lipinski definition) is 6. The molecule has 21 heavy (non-hydrogen) atoms. The van der Waals surface area contributed by atoms with Crippen LogP contribution in [0.2, 0.25) is 0 Å². The van der Waals surface area contributed by atoms with Gasteiger partial charge in [0.1, 0.15) is 22.2 Å². The maximum Gasteiger partial charge on any atom is 0.246 e. The van der Waals surface area contributed by atoms with Crippen LogP contribution in [-0.4, -0.2) is 28.3 Å². The largest absolute Gasteiger partial charge is 0.360 e. The highest BCUT2D eigenvalue weighted by Gasteiger charge is 2.31. The smallest absolute Gasteiger partial charge is 0.246 e. The van der Waals surface area contributed by atoms with Gasteiger partial charge in [0.05, 0.1) is 6.04 Å². The third kappa shape index (κ3) is 2.46. The van der Waals surface area contributed by atoms with Crippen LogP contribution >= 0.6 is 0 Å². The summed E-state index contributed by atoms with van der Waals surface area (Å²) < 4.78 is 34.5. The van der Waals surface area contributed by atoms with Crippen LogP contribution in [0.15, 0.2) is 9.42 Å². The van der Waals surface area contributed by atoms with Gasteiger partial charge in [-0.3, -0.25) is 0 Å². The van der Waals surface area contributed by atoms with E-state index in [0.29, 0.717) is 23.8 Å². The predicted molar refractivity (Wildman–Crippen MR) is 73.0 cm³/mol. The Morgan fingerprint density at radius 1 is 1.33 bits per heavy atom. The van der Waals surface area contributed by atoms with E-state index >= 15 is 0 Å². The van der Waals surface area contributed by atoms with Gasteiger partial charge in [-0.1, -0.05) is 5.16 Å². The molecule has 0 saturated heterocycles. The van der Waals surface area contributed by atoms with Crippen LogP contribution in [0.5, 0.6) is 0 Å². The third-order valence-corrected chi connectivity index (χ3v) is 5.23. The second-order valence-electron chi connectivity index (χ2n) is 5.21. The van der Waals surface area contributed by atoms with Gasteiger partial charge in [0, 0.05) is 6.54 Å². The van der Waals surface area contributed by atoms with Gasteiger partial charge in [0.2, 0.25) is 10.0 Å². The molecule has 2 aromatic heterocycles. The van der Waals surface area contributed by atoms with Crippen molar-refractivity contribution < 1.29 is 12.9 Å². The summed E-state index contributed by atoms with van der Waals surface area (Å²) in [5.74, 6) is 1.59. The fraction of sp³-hybridized carbons (Fsp3) is 0.583. The van der Waals surface area contributed by atoms with E-state index in [0.717, 1.165) is 13.0 Å². The van der Waals surface area contributed by atoms with Crippen molar-refractivity contribution >= 4 is 10.0 Å². The molecule has 0 saturated carbocycles. The molecule has 0 bridgehead atoms. The Balaban J connectivity index is 1.94. The van der Waals surface area contributed by atoms with Crippen molar-refractivity contribution in [1.29, 1.82) is 0 Å². The van der Waals surface area contributed by atoms with Crippen LogP contribution in [0.3, 0.4) is 0 Å². The lowest BCUT2D eigenvalue weighted by molar-refractivity contribution is 0.389. The van der Waals surface area contributed by atoms with Crippen LogP contribution in [-0.2, 0) is 16.6 Å². The first-order chi connectivity index (χ1) is 9.88. The SMILES string of the molecule is Cc1nc2n(n1)CCCC2NS(=O)(=O)c1c(C)noc1C. The van der Waals surface area contributed by atoms with Gasteiger partial charge in [0.25, 0.3) is 0 Å². The number of nitrogens with zero attached hydrogens (tertiary/aromatic N) is 4. The molecular formula is C12H17N5O3S. The molecule has 114 valence electrons. The standard InChI is InChI=1S/C12H17N5O3S/c1-7-11(8(2)20-15-7)21(18,19)16-10-5-4-6-17-12(10)13-9(3)14-17/h10,16H,4-6H2,1-3H3. The van der Waals surface area contributed by atoms with Crippen LogP contribution < -0.4 is 4.72 Å². The molecule has 0 aliphatic carbocycles. The summed E-state index contributed by atoms with van der Waals surface area (Å²) in [6, 6.07) is -0.376. The lowest BCUT2D eigenvalue weighted by atomic mass is 10.1. The van der Waals surface area contributed by atoms with E-state index in [9.17, 15) is 8.42 Å². The van der Waals surface area contributed by atoms with Crippen LogP contribution in [0, 0.1) is 20.8 Å². The van der Waals surface area contributed by atoms with Crippen molar-refractivity contribution in [1.82, 2.24) is 24.6 Å². The van der Waals surface area contributed by atoms with Gasteiger partial charge in [-0.25, -0.2) is 22.8 Å². The number of nitrogens with one attached hydrogen (secondary N) is 1. The lowest BCUT2D eigenvalue weighted by Gasteiger charge is -2.22. The molecule has 3 heterocycles. The van der Waals surface area contributed by atoms with Crippen molar-refractivity contribution in [2.45, 2.75) is 51.1 Å². The zero-order chi connectivity index (χ0) is 15.2. The number of aromatic nitrogens is 4. The Morgan fingerprint density at radius 2 is 2.10 bits per heavy atom. The van der Waals surface area contributed by atoms with E-state index in [1.54, 1.807) is 25.5 Å². The lowest BCUT2D eigenvalue weighted by Crippen LogP contribution is -2.33. The second kappa shape index (κ2) is 4.92. The molecule has 0 spiro atoms. The first-order valence-corrected chi connectivity index (χ1v) is 8.23. The van der Waals surface area contributed by atoms with E-state index in [4.69, 9.17) is 4.52 Å². The first-order valence-electron chi connectivity index (χ1n) is 6.75. The van der Waals surface area contributed by atoms with E-state index in [2.05, 4.69) is 20.0 Å². The monoisotopic (exact) mass is 311 g/mol. The second-order valence-corrected chi connectivity index (χ2v) is 6.86. The van der Waals surface area contributed by atoms with Crippen molar-refractivity contribution in [3.63, 3.8) is 0 Å². The molecular weight excluding hydrogens is 294 g/mol. The molecule has 0 amide bonds. The highest BCUT2D eigenvalue weighted by molar-refractivity contribution is 7.89. The van der Waals surface area contributed by atoms with Crippen LogP contribution in [0.4, 0.5) is 0 Å². The number of sulfonamides is 1. The molecule has 0 aromatic carbocycles. The molecule has 9 heteroatoms. The summed E-state index contributed by atoms with van der Waals surface area (Å²) in [5, 5.41) is 7.97. The van der Waals surface area contributed by atoms with Crippen LogP contribution in [0.25, 0.3) is 0 Å². The van der Waals surface area contributed by atoms with Gasteiger partial charge >= 0.3 is 0 Å². The maximum atomic E-state index is 12.6. The molecule has 1 atom stereocenters. The molecule has 0 fully saturated rings. The van der Waals surface area contributed by atoms with Gasteiger partial charge < -0.3 is 4.52 Å². The summed E-state index contributed by atoms with van der Waals surface area (Å²) in [6.07, 6.45) is 1.55. The van der Waals surface area contributed by atoms with E-state index < -0.39 is 10.0 Å². The molecule has 3 rings (SSSR count). The van der Waals surface area contributed by atoms with Crippen molar-refractivity contribution in [3.8, 4) is 0 Å². The fourth-order valence-corrected chi connectivity index (χ4v) is 4.24. The normalized spacial score (nSPS) is 18.7. The highest BCUT2D eigenvalue weighted by atomic mass is 32.2. The molecule has 1 aliphatic rings. The Morgan fingerprint density at radius 3 is 2.76 bits per heavy atom. The average molecular weight is 311 g/mol. The number of aryl methyl sites for hydroxylation is 4. The zero-order valence-corrected chi connectivity index (χ0v) is 12.9. The minimum Gasteiger partial charge on any atom is -0.360 e. The summed E-state index contributed by atoms with van der Waals surface area (Å²) in [7, 11) is -3.70. The Bertz CT molecular complexity index is 757. The number of rotatable bonds is 3. The summed E-state index contributed by atoms with van der Waals surface area (Å²) >= 11 is 0. The van der Waals surface area contributed by atoms with Crippen molar-refractivity contribution in [2.75, 3.05) is 0 Å². The predicted octanol–water partition coefficient (Wildman–Crippen LogP) is 1.00. The summed E-state index contributed by atoms with van der Waals surface area (Å²) in [4.78, 5) is 4.44. The van der Waals surface area contributed by atoms with E-state index in [-0.39, 0.29) is 16.7 Å². The zero-order valence-electron chi connectivity index (χ0n) is 12.1. The maximum absolute atomic E-state index is 12.6. The van der Waals surface area contributed by atoms with Crippen molar-refractivity contribution in [3.05, 3.63) is 23.1 Å². The van der Waals surface area contributed by atoms with Gasteiger partial charge in [-0.2, -0.15) is 5.10 Å². The fourth-order valence-electron chi connectivity index (χ4n) is 2.68. The molecule has 1 aliphatic heterocycles. The van der Waals surface area contributed by atoms with Gasteiger partial charge in [-0.05, 0) is 33.6 Å². The Hall–Kier alpha value is -1.74. The van der Waals surface area contributed by atoms with E-state index in [1.165, 1.54) is 0 Å².